The van der Waals surface area contributed by atoms with Crippen LogP contribution in [0.4, 0.5) is 34.1 Å². The van der Waals surface area contributed by atoms with Crippen LogP contribution >= 0.6 is 0 Å². The monoisotopic (exact) mass is 884 g/mol. The summed E-state index contributed by atoms with van der Waals surface area (Å²) >= 11 is 0. The van der Waals surface area contributed by atoms with E-state index in [1.165, 1.54) is 27.5 Å². The molecule has 6 nitrogen and oxygen atoms in total. The molecular formula is C63H44N6. The van der Waals surface area contributed by atoms with Crippen molar-refractivity contribution in [3.05, 3.63) is 247 Å². The lowest BCUT2D eigenvalue weighted by molar-refractivity contribution is 0.723. The lowest BCUT2D eigenvalue weighted by Crippen LogP contribution is -2.10. The number of nitrogens with zero attached hydrogens (tertiary/aromatic N) is 6. The van der Waals surface area contributed by atoms with E-state index in [0.717, 1.165) is 79.5 Å². The molecule has 12 rings (SSSR count). The quantitative estimate of drug-likeness (QED) is 0.145. The van der Waals surface area contributed by atoms with Crippen LogP contribution in [0, 0.1) is 22.7 Å². The number of anilines is 6. The molecule has 0 fully saturated rings. The SMILES string of the molecule is CC1CC=Cc2c1n(-c1ccccc1)c1ccc(N(c3ccc(C#N)cc3)c3ccc(-c4ccc(N(c5ccc(C#N)cc5)c5ccc6c(c5)c5ccccc5n6-c5ccccc5)cc4)cc3)cc21. The van der Waals surface area contributed by atoms with Crippen molar-refractivity contribution < 1.29 is 0 Å². The van der Waals surface area contributed by atoms with Crippen molar-refractivity contribution in [2.75, 3.05) is 9.80 Å². The first-order valence-corrected chi connectivity index (χ1v) is 23.3. The highest BCUT2D eigenvalue weighted by molar-refractivity contribution is 6.10. The van der Waals surface area contributed by atoms with E-state index in [9.17, 15) is 10.5 Å². The molecule has 0 amide bonds. The summed E-state index contributed by atoms with van der Waals surface area (Å²) in [5.41, 5.74) is 17.8. The smallest absolute Gasteiger partial charge is 0.0991 e. The lowest BCUT2D eigenvalue weighted by Gasteiger charge is -2.26. The molecule has 1 aliphatic rings. The Morgan fingerprint density at radius 3 is 1.36 bits per heavy atom. The van der Waals surface area contributed by atoms with Gasteiger partial charge < -0.3 is 18.9 Å². The number of nitriles is 2. The zero-order chi connectivity index (χ0) is 46.4. The summed E-state index contributed by atoms with van der Waals surface area (Å²) in [6.07, 6.45) is 5.60. The van der Waals surface area contributed by atoms with Crippen LogP contribution in [0.1, 0.15) is 41.6 Å². The van der Waals surface area contributed by atoms with Crippen molar-refractivity contribution in [3.63, 3.8) is 0 Å². The summed E-state index contributed by atoms with van der Waals surface area (Å²) in [7, 11) is 0. The first-order valence-electron chi connectivity index (χ1n) is 23.3. The van der Waals surface area contributed by atoms with Crippen molar-refractivity contribution in [3.8, 4) is 34.6 Å². The molecule has 2 aromatic heterocycles. The van der Waals surface area contributed by atoms with Gasteiger partial charge in [-0.1, -0.05) is 97.9 Å². The van der Waals surface area contributed by atoms with Gasteiger partial charge in [0.15, 0.2) is 0 Å². The molecule has 0 N–H and O–H groups in total. The van der Waals surface area contributed by atoms with Crippen LogP contribution in [0.15, 0.2) is 224 Å². The zero-order valence-corrected chi connectivity index (χ0v) is 37.9. The predicted octanol–water partition coefficient (Wildman–Crippen LogP) is 16.6. The molecular weight excluding hydrogens is 841 g/mol. The molecule has 1 atom stereocenters. The minimum Gasteiger partial charge on any atom is -0.313 e. The van der Waals surface area contributed by atoms with E-state index in [-0.39, 0.29) is 0 Å². The first kappa shape index (κ1) is 41.1. The molecule has 69 heavy (non-hydrogen) atoms. The van der Waals surface area contributed by atoms with E-state index < -0.39 is 0 Å². The summed E-state index contributed by atoms with van der Waals surface area (Å²) in [6, 6.07) is 80.9. The van der Waals surface area contributed by atoms with Gasteiger partial charge in [0.05, 0.1) is 39.8 Å². The van der Waals surface area contributed by atoms with Crippen molar-refractivity contribution in [1.29, 1.82) is 10.5 Å². The molecule has 11 aromatic rings. The molecule has 326 valence electrons. The second-order valence-corrected chi connectivity index (χ2v) is 17.7. The number of para-hydroxylation sites is 3. The van der Waals surface area contributed by atoms with Gasteiger partial charge in [0, 0.05) is 78.8 Å². The fraction of sp³-hybridized carbons (Fsp3) is 0.0476. The first-order chi connectivity index (χ1) is 34.0. The second kappa shape index (κ2) is 17.1. The number of benzene rings is 9. The topological polar surface area (TPSA) is 63.9 Å². The standard InChI is InChI=1S/C63H44N6/c1-43-11-10-17-57-59-40-55(36-38-62(59)69(63(43)57)49-14-6-3-7-15-49)67(51-29-21-45(42-65)22-30-51)53-33-25-47(26-34-53)46-23-31-52(32-24-46)66(50-27-19-44(41-64)20-28-50)54-35-37-61-58(39-54)56-16-8-9-18-60(56)68(61)48-12-4-2-5-13-48/h2-10,12-40,43H,11H2,1H3. The third-order valence-corrected chi connectivity index (χ3v) is 13.6. The normalized spacial score (nSPS) is 13.0. The Kier molecular flexibility index (Phi) is 10.2. The highest BCUT2D eigenvalue weighted by Gasteiger charge is 2.25. The average Bonchev–Trinajstić information content (AvgIpc) is 3.93. The third-order valence-electron chi connectivity index (χ3n) is 13.6. The zero-order valence-electron chi connectivity index (χ0n) is 37.9. The number of rotatable bonds is 9. The summed E-state index contributed by atoms with van der Waals surface area (Å²) < 4.78 is 4.76. The molecule has 0 saturated heterocycles. The van der Waals surface area contributed by atoms with Crippen LogP contribution in [0.5, 0.6) is 0 Å². The minimum absolute atomic E-state index is 0.375. The van der Waals surface area contributed by atoms with Crippen molar-refractivity contribution in [1.82, 2.24) is 9.13 Å². The highest BCUT2D eigenvalue weighted by Crippen LogP contribution is 2.44. The van der Waals surface area contributed by atoms with Crippen molar-refractivity contribution >= 4 is 72.9 Å². The Hall–Kier alpha value is -9.36. The van der Waals surface area contributed by atoms with Gasteiger partial charge in [-0.2, -0.15) is 10.5 Å². The Labute approximate surface area is 401 Å². The lowest BCUT2D eigenvalue weighted by atomic mass is 9.93. The molecule has 0 bridgehead atoms. The van der Waals surface area contributed by atoms with Gasteiger partial charge >= 0.3 is 0 Å². The molecule has 0 saturated carbocycles. The van der Waals surface area contributed by atoms with E-state index in [2.05, 4.69) is 220 Å². The summed E-state index contributed by atoms with van der Waals surface area (Å²) in [4.78, 5) is 4.54. The van der Waals surface area contributed by atoms with Gasteiger partial charge in [-0.05, 0) is 157 Å². The van der Waals surface area contributed by atoms with E-state index in [0.29, 0.717) is 17.0 Å². The number of hydrogen-bond donors (Lipinski definition) is 0. The minimum atomic E-state index is 0.375. The Bertz CT molecular complexity index is 3810. The highest BCUT2D eigenvalue weighted by atomic mass is 15.1. The van der Waals surface area contributed by atoms with Gasteiger partial charge in [0.25, 0.3) is 0 Å². The molecule has 6 heteroatoms. The molecule has 0 spiro atoms. The fourth-order valence-electron chi connectivity index (χ4n) is 10.3. The van der Waals surface area contributed by atoms with E-state index in [1.807, 2.05) is 48.5 Å². The molecule has 1 aliphatic carbocycles. The summed E-state index contributed by atoms with van der Waals surface area (Å²) in [5.74, 6) is 0.375. The molecule has 0 aliphatic heterocycles. The van der Waals surface area contributed by atoms with Crippen LogP contribution in [0.25, 0.3) is 61.3 Å². The average molecular weight is 885 g/mol. The van der Waals surface area contributed by atoms with E-state index in [1.54, 1.807) is 0 Å². The van der Waals surface area contributed by atoms with Gasteiger partial charge in [-0.25, -0.2) is 0 Å². The van der Waals surface area contributed by atoms with Gasteiger partial charge in [-0.15, -0.1) is 0 Å². The Morgan fingerprint density at radius 2 is 0.841 bits per heavy atom. The van der Waals surface area contributed by atoms with E-state index in [4.69, 9.17) is 0 Å². The van der Waals surface area contributed by atoms with Crippen LogP contribution in [-0.2, 0) is 0 Å². The molecule has 2 heterocycles. The Balaban J connectivity index is 0.917. The maximum absolute atomic E-state index is 9.69. The van der Waals surface area contributed by atoms with Gasteiger partial charge in [-0.3, -0.25) is 0 Å². The fourth-order valence-corrected chi connectivity index (χ4v) is 10.3. The predicted molar refractivity (Wildman–Crippen MR) is 284 cm³/mol. The van der Waals surface area contributed by atoms with Crippen LogP contribution in [0.3, 0.4) is 0 Å². The number of hydrogen-bond acceptors (Lipinski definition) is 4. The van der Waals surface area contributed by atoms with Crippen LogP contribution in [0.2, 0.25) is 0 Å². The van der Waals surface area contributed by atoms with Crippen molar-refractivity contribution in [2.24, 2.45) is 0 Å². The molecule has 0 radical (unpaired) electrons. The van der Waals surface area contributed by atoms with E-state index >= 15 is 0 Å². The second-order valence-electron chi connectivity index (χ2n) is 17.7. The maximum atomic E-state index is 9.69. The number of fused-ring (bicyclic) bond motifs is 6. The summed E-state index contributed by atoms with van der Waals surface area (Å²) in [6.45, 7) is 2.32. The number of aromatic nitrogens is 2. The molecule has 9 aromatic carbocycles. The number of allylic oxidation sites excluding steroid dienone is 1. The largest absolute Gasteiger partial charge is 0.313 e. The van der Waals surface area contributed by atoms with Crippen LogP contribution in [-0.4, -0.2) is 9.13 Å². The summed E-state index contributed by atoms with van der Waals surface area (Å²) in [5, 5.41) is 22.9. The van der Waals surface area contributed by atoms with Crippen molar-refractivity contribution in [2.45, 2.75) is 19.3 Å². The molecule has 1 unspecified atom stereocenters. The van der Waals surface area contributed by atoms with Crippen LogP contribution < -0.4 is 9.80 Å². The third kappa shape index (κ3) is 7.20. The van der Waals surface area contributed by atoms with Gasteiger partial charge in [0.2, 0.25) is 0 Å². The maximum Gasteiger partial charge on any atom is 0.0991 e. The van der Waals surface area contributed by atoms with Gasteiger partial charge in [0.1, 0.15) is 0 Å². The Morgan fingerprint density at radius 1 is 0.420 bits per heavy atom.